The molecule has 74 valence electrons. The van der Waals surface area contributed by atoms with Crippen molar-refractivity contribution in [3.05, 3.63) is 30.3 Å². The molecule has 0 spiro atoms. The Morgan fingerprint density at radius 2 is 2.00 bits per heavy atom. The zero-order valence-electron chi connectivity index (χ0n) is 7.61. The molecule has 0 aliphatic carbocycles. The second-order valence-electron chi connectivity index (χ2n) is 2.57. The summed E-state index contributed by atoms with van der Waals surface area (Å²) in [5.74, 6) is 0. The van der Waals surface area contributed by atoms with Crippen LogP contribution in [0.15, 0.2) is 40.6 Å². The molecule has 14 heavy (non-hydrogen) atoms. The summed E-state index contributed by atoms with van der Waals surface area (Å²) in [6.45, 7) is 1.64. The van der Waals surface area contributed by atoms with E-state index in [1.165, 1.54) is 0 Å². The quantitative estimate of drug-likeness (QED) is 0.459. The first kappa shape index (κ1) is 10.5. The number of para-hydroxylation sites is 1. The van der Waals surface area contributed by atoms with Crippen LogP contribution in [-0.4, -0.2) is 16.1 Å². The third-order valence-electron chi connectivity index (χ3n) is 1.51. The smallest absolute Gasteiger partial charge is 0.191 e. The first-order chi connectivity index (χ1) is 6.74. The van der Waals surface area contributed by atoms with Gasteiger partial charge in [-0.1, -0.05) is 35.0 Å². The molecule has 0 fully saturated rings. The summed E-state index contributed by atoms with van der Waals surface area (Å²) in [5, 5.41) is 15.0. The Labute approximate surface area is 86.9 Å². The summed E-state index contributed by atoms with van der Waals surface area (Å²) in [6, 6.07) is 9.40. The Hall–Kier alpha value is -1.55. The highest BCUT2D eigenvalue weighted by Crippen LogP contribution is 2.04. The summed E-state index contributed by atoms with van der Waals surface area (Å²) in [6.07, 6.45) is 0. The molecular weight excluding hydrogens is 202 g/mol. The van der Waals surface area contributed by atoms with Crippen molar-refractivity contribution in [2.45, 2.75) is 6.92 Å². The van der Waals surface area contributed by atoms with Crippen LogP contribution in [-0.2, 0) is 0 Å². The summed E-state index contributed by atoms with van der Waals surface area (Å²) < 4.78 is 0. The van der Waals surface area contributed by atoms with Crippen LogP contribution in [0.5, 0.6) is 0 Å². The van der Waals surface area contributed by atoms with Gasteiger partial charge in [0.25, 0.3) is 0 Å². The number of hydrogen-bond donors (Lipinski definition) is 2. The lowest BCUT2D eigenvalue weighted by molar-refractivity contribution is 0.321. The first-order valence-corrected chi connectivity index (χ1v) is 4.35. The Kier molecular flexibility index (Phi) is 3.94. The van der Waals surface area contributed by atoms with Gasteiger partial charge < -0.3 is 5.21 Å². The molecule has 0 amide bonds. The minimum Gasteiger partial charge on any atom is -0.410 e. The fourth-order valence-corrected chi connectivity index (χ4v) is 0.822. The molecule has 0 unspecified atom stereocenters. The standard InChI is InChI=1S/C9H10ClN3O/c1-7(9(10)13-14)11-12-8-5-3-2-4-6-8/h2-6,12,14H,1H3. The molecule has 2 N–H and O–H groups in total. The monoisotopic (exact) mass is 211 g/mol. The maximum absolute atomic E-state index is 8.35. The molecule has 0 aliphatic rings. The normalized spacial score (nSPS) is 12.7. The second kappa shape index (κ2) is 5.24. The lowest BCUT2D eigenvalue weighted by Gasteiger charge is -2.00. The number of hydrogen-bond acceptors (Lipinski definition) is 4. The van der Waals surface area contributed by atoms with Gasteiger partial charge in [0.1, 0.15) is 0 Å². The van der Waals surface area contributed by atoms with E-state index in [9.17, 15) is 0 Å². The third kappa shape index (κ3) is 3.06. The number of halogens is 1. The molecule has 1 rings (SSSR count). The van der Waals surface area contributed by atoms with Gasteiger partial charge in [-0.25, -0.2) is 0 Å². The van der Waals surface area contributed by atoms with Crippen molar-refractivity contribution >= 4 is 28.2 Å². The van der Waals surface area contributed by atoms with Gasteiger partial charge in [0, 0.05) is 0 Å². The molecule has 0 radical (unpaired) electrons. The van der Waals surface area contributed by atoms with E-state index in [-0.39, 0.29) is 5.17 Å². The van der Waals surface area contributed by atoms with Crippen LogP contribution in [0, 0.1) is 0 Å². The largest absolute Gasteiger partial charge is 0.410 e. The predicted molar refractivity (Wildman–Crippen MR) is 58.2 cm³/mol. The lowest BCUT2D eigenvalue weighted by Crippen LogP contribution is -2.05. The van der Waals surface area contributed by atoms with Crippen LogP contribution in [0.2, 0.25) is 0 Å². The number of rotatable bonds is 3. The van der Waals surface area contributed by atoms with E-state index >= 15 is 0 Å². The van der Waals surface area contributed by atoms with Gasteiger partial charge in [0.15, 0.2) is 5.17 Å². The maximum Gasteiger partial charge on any atom is 0.191 e. The van der Waals surface area contributed by atoms with Crippen LogP contribution >= 0.6 is 11.6 Å². The van der Waals surface area contributed by atoms with Crippen LogP contribution in [0.25, 0.3) is 0 Å². The average molecular weight is 212 g/mol. The van der Waals surface area contributed by atoms with E-state index in [4.69, 9.17) is 16.8 Å². The van der Waals surface area contributed by atoms with E-state index in [1.807, 2.05) is 30.3 Å². The Bertz CT molecular complexity index is 348. The van der Waals surface area contributed by atoms with Crippen LogP contribution < -0.4 is 5.43 Å². The minimum atomic E-state index is -0.0339. The highest BCUT2D eigenvalue weighted by molar-refractivity contribution is 6.83. The van der Waals surface area contributed by atoms with Crippen molar-refractivity contribution < 1.29 is 5.21 Å². The topological polar surface area (TPSA) is 57.0 Å². The highest BCUT2D eigenvalue weighted by atomic mass is 35.5. The van der Waals surface area contributed by atoms with Gasteiger partial charge in [0.05, 0.1) is 11.4 Å². The Morgan fingerprint density at radius 3 is 2.57 bits per heavy atom. The van der Waals surface area contributed by atoms with Crippen LogP contribution in [0.4, 0.5) is 5.69 Å². The SMILES string of the molecule is CC(=NNc1ccccc1)C(Cl)=NO. The number of nitrogens with zero attached hydrogens (tertiary/aromatic N) is 2. The summed E-state index contributed by atoms with van der Waals surface area (Å²) in [7, 11) is 0. The van der Waals surface area contributed by atoms with E-state index in [0.29, 0.717) is 5.71 Å². The van der Waals surface area contributed by atoms with E-state index < -0.39 is 0 Å². The molecule has 0 aliphatic heterocycles. The van der Waals surface area contributed by atoms with Gasteiger partial charge in [-0.3, -0.25) is 5.43 Å². The summed E-state index contributed by atoms with van der Waals surface area (Å²) in [5.41, 5.74) is 4.03. The lowest BCUT2D eigenvalue weighted by atomic mass is 10.3. The molecule has 0 aromatic heterocycles. The molecule has 1 aromatic rings. The van der Waals surface area contributed by atoms with Crippen molar-refractivity contribution in [3.63, 3.8) is 0 Å². The summed E-state index contributed by atoms with van der Waals surface area (Å²) >= 11 is 5.51. The van der Waals surface area contributed by atoms with Crippen LogP contribution in [0.1, 0.15) is 6.92 Å². The number of nitrogens with one attached hydrogen (secondary N) is 1. The van der Waals surface area contributed by atoms with E-state index in [0.717, 1.165) is 5.69 Å². The second-order valence-corrected chi connectivity index (χ2v) is 2.92. The molecular formula is C9H10ClN3O. The van der Waals surface area contributed by atoms with E-state index in [2.05, 4.69) is 15.7 Å². The number of benzene rings is 1. The van der Waals surface area contributed by atoms with Gasteiger partial charge in [-0.05, 0) is 19.1 Å². The molecule has 0 saturated carbocycles. The highest BCUT2D eigenvalue weighted by Gasteiger charge is 1.98. The Morgan fingerprint density at radius 1 is 1.36 bits per heavy atom. The molecule has 0 heterocycles. The fourth-order valence-electron chi connectivity index (χ4n) is 0.780. The minimum absolute atomic E-state index is 0.0339. The van der Waals surface area contributed by atoms with Crippen LogP contribution in [0.3, 0.4) is 0 Å². The molecule has 0 atom stereocenters. The average Bonchev–Trinajstić information content (AvgIpc) is 2.26. The predicted octanol–water partition coefficient (Wildman–Crippen LogP) is 2.50. The molecule has 4 nitrogen and oxygen atoms in total. The van der Waals surface area contributed by atoms with Gasteiger partial charge >= 0.3 is 0 Å². The van der Waals surface area contributed by atoms with Gasteiger partial charge in [0.2, 0.25) is 0 Å². The first-order valence-electron chi connectivity index (χ1n) is 3.97. The van der Waals surface area contributed by atoms with Crippen molar-refractivity contribution in [2.75, 3.05) is 5.43 Å². The zero-order valence-corrected chi connectivity index (χ0v) is 8.36. The zero-order chi connectivity index (χ0) is 10.4. The number of hydrazone groups is 1. The van der Waals surface area contributed by atoms with Crippen molar-refractivity contribution in [2.24, 2.45) is 10.3 Å². The van der Waals surface area contributed by atoms with Crippen molar-refractivity contribution in [1.82, 2.24) is 0 Å². The number of oxime groups is 1. The Balaban J connectivity index is 2.64. The van der Waals surface area contributed by atoms with Crippen molar-refractivity contribution in [3.8, 4) is 0 Å². The summed E-state index contributed by atoms with van der Waals surface area (Å²) in [4.78, 5) is 0. The third-order valence-corrected chi connectivity index (χ3v) is 1.86. The molecule has 1 aromatic carbocycles. The van der Waals surface area contributed by atoms with Gasteiger partial charge in [-0.2, -0.15) is 5.10 Å². The van der Waals surface area contributed by atoms with Crippen molar-refractivity contribution in [1.29, 1.82) is 0 Å². The number of anilines is 1. The molecule has 5 heteroatoms. The van der Waals surface area contributed by atoms with E-state index in [1.54, 1.807) is 6.92 Å². The molecule has 0 bridgehead atoms. The molecule has 0 saturated heterocycles. The maximum atomic E-state index is 8.35. The van der Waals surface area contributed by atoms with Gasteiger partial charge in [-0.15, -0.1) is 0 Å². The fraction of sp³-hybridized carbons (Fsp3) is 0.111.